The molecule has 0 bridgehead atoms. The van der Waals surface area contributed by atoms with E-state index in [1.54, 1.807) is 0 Å². The van der Waals surface area contributed by atoms with Crippen LogP contribution in [0.1, 0.15) is 84.5 Å². The van der Waals surface area contributed by atoms with Gasteiger partial charge in [-0.05, 0) is 74.2 Å². The van der Waals surface area contributed by atoms with E-state index < -0.39 is 0 Å². The van der Waals surface area contributed by atoms with Gasteiger partial charge in [-0.15, -0.1) is 0 Å². The number of unbranched alkanes of at least 4 members (excludes halogenated alkanes) is 2. The molecule has 0 atom stereocenters. The lowest BCUT2D eigenvalue weighted by molar-refractivity contribution is 0.0977. The van der Waals surface area contributed by atoms with E-state index in [0.29, 0.717) is 13.0 Å². The maximum atomic E-state index is 13.5. The smallest absolute Gasteiger partial charge is 0.163 e. The fourth-order valence-corrected chi connectivity index (χ4v) is 4.82. The molecular formula is C33H43NO2. The summed E-state index contributed by atoms with van der Waals surface area (Å²) < 4.78 is 6.26. The van der Waals surface area contributed by atoms with Gasteiger partial charge in [0.1, 0.15) is 12.4 Å². The summed E-state index contributed by atoms with van der Waals surface area (Å²) >= 11 is 0. The van der Waals surface area contributed by atoms with Crippen LogP contribution >= 0.6 is 0 Å². The molecule has 3 nitrogen and oxygen atoms in total. The standard InChI is InChI=1S/C33H43NO2/c1-5-7-19-34(20-8-6-2)21-22-36-33-26(3)23-30(24-27(33)4)32(35)25-31(28-15-11-9-12-16-28)29-17-13-10-14-18-29/h9-18,23-24,31H,5-8,19-22,25H2,1-4H3. The first kappa shape index (κ1) is 27.7. The third kappa shape index (κ3) is 8.06. The molecule has 0 aromatic heterocycles. The summed E-state index contributed by atoms with van der Waals surface area (Å²) in [6.07, 6.45) is 5.33. The van der Waals surface area contributed by atoms with Crippen LogP contribution in [0.5, 0.6) is 5.75 Å². The van der Waals surface area contributed by atoms with Crippen LogP contribution in [0.25, 0.3) is 0 Å². The second-order valence-corrected chi connectivity index (χ2v) is 9.84. The van der Waals surface area contributed by atoms with Crippen molar-refractivity contribution in [1.82, 2.24) is 4.90 Å². The van der Waals surface area contributed by atoms with Crippen molar-refractivity contribution in [3.05, 3.63) is 101 Å². The summed E-state index contributed by atoms with van der Waals surface area (Å²) in [4.78, 5) is 16.0. The highest BCUT2D eigenvalue weighted by Crippen LogP contribution is 2.31. The number of nitrogens with zero attached hydrogens (tertiary/aromatic N) is 1. The number of aryl methyl sites for hydroxylation is 2. The van der Waals surface area contributed by atoms with Crippen LogP contribution in [0, 0.1) is 13.8 Å². The molecule has 0 aliphatic rings. The predicted molar refractivity (Wildman–Crippen MR) is 151 cm³/mol. The number of benzene rings is 3. The first-order valence-electron chi connectivity index (χ1n) is 13.6. The van der Waals surface area contributed by atoms with Gasteiger partial charge >= 0.3 is 0 Å². The Labute approximate surface area is 218 Å². The third-order valence-corrected chi connectivity index (χ3v) is 6.89. The molecule has 0 fully saturated rings. The molecule has 0 spiro atoms. The number of hydrogen-bond donors (Lipinski definition) is 0. The second-order valence-electron chi connectivity index (χ2n) is 9.84. The number of carbonyl (C=O) groups excluding carboxylic acids is 1. The number of ketones is 1. The van der Waals surface area contributed by atoms with Crippen molar-refractivity contribution in [2.24, 2.45) is 0 Å². The van der Waals surface area contributed by atoms with Crippen LogP contribution in [0.3, 0.4) is 0 Å². The zero-order valence-corrected chi connectivity index (χ0v) is 22.6. The minimum absolute atomic E-state index is 0.0358. The normalized spacial score (nSPS) is 11.3. The zero-order valence-electron chi connectivity index (χ0n) is 22.6. The minimum atomic E-state index is 0.0358. The molecule has 3 heteroatoms. The van der Waals surface area contributed by atoms with Gasteiger partial charge in [0.05, 0.1) is 0 Å². The van der Waals surface area contributed by atoms with Crippen LogP contribution in [0.4, 0.5) is 0 Å². The van der Waals surface area contributed by atoms with E-state index in [1.807, 2.05) is 48.5 Å². The van der Waals surface area contributed by atoms with Gasteiger partial charge in [0.25, 0.3) is 0 Å². The van der Waals surface area contributed by atoms with Gasteiger partial charge < -0.3 is 4.74 Å². The SMILES string of the molecule is CCCCN(CCCC)CCOc1c(C)cc(C(=O)CC(c2ccccc2)c2ccccc2)cc1C. The fraction of sp³-hybridized carbons (Fsp3) is 0.424. The van der Waals surface area contributed by atoms with Crippen molar-refractivity contribution < 1.29 is 9.53 Å². The van der Waals surface area contributed by atoms with Crippen LogP contribution in [-0.2, 0) is 0 Å². The molecule has 0 aliphatic carbocycles. The largest absolute Gasteiger partial charge is 0.492 e. The van der Waals surface area contributed by atoms with E-state index in [-0.39, 0.29) is 11.7 Å². The molecular weight excluding hydrogens is 442 g/mol. The molecule has 3 aromatic carbocycles. The molecule has 0 saturated carbocycles. The lowest BCUT2D eigenvalue weighted by Gasteiger charge is -2.23. The summed E-state index contributed by atoms with van der Waals surface area (Å²) in [6, 6.07) is 24.7. The van der Waals surface area contributed by atoms with Gasteiger partial charge in [-0.2, -0.15) is 0 Å². The Kier molecular flexibility index (Phi) is 11.2. The molecule has 0 N–H and O–H groups in total. The van der Waals surface area contributed by atoms with Gasteiger partial charge in [0.15, 0.2) is 5.78 Å². The van der Waals surface area contributed by atoms with E-state index in [0.717, 1.165) is 42.1 Å². The van der Waals surface area contributed by atoms with Crippen LogP contribution in [-0.4, -0.2) is 36.9 Å². The maximum Gasteiger partial charge on any atom is 0.163 e. The summed E-state index contributed by atoms with van der Waals surface area (Å²) in [6.45, 7) is 12.5. The quantitative estimate of drug-likeness (QED) is 0.204. The predicted octanol–water partition coefficient (Wildman–Crippen LogP) is 7.99. The number of carbonyl (C=O) groups is 1. The van der Waals surface area contributed by atoms with Crippen LogP contribution < -0.4 is 4.74 Å². The molecule has 3 rings (SSSR count). The Bertz CT molecular complexity index is 991. The van der Waals surface area contributed by atoms with Crippen molar-refractivity contribution in [3.8, 4) is 5.75 Å². The molecule has 192 valence electrons. The van der Waals surface area contributed by atoms with Crippen LogP contribution in [0.2, 0.25) is 0 Å². The average Bonchev–Trinajstić information content (AvgIpc) is 2.90. The first-order chi connectivity index (χ1) is 17.5. The van der Waals surface area contributed by atoms with Gasteiger partial charge in [-0.3, -0.25) is 9.69 Å². The van der Waals surface area contributed by atoms with Crippen molar-refractivity contribution in [1.29, 1.82) is 0 Å². The minimum Gasteiger partial charge on any atom is -0.492 e. The summed E-state index contributed by atoms with van der Waals surface area (Å²) in [5.74, 6) is 1.12. The van der Waals surface area contributed by atoms with E-state index >= 15 is 0 Å². The Morgan fingerprint density at radius 2 is 1.28 bits per heavy atom. The number of ether oxygens (including phenoxy) is 1. The molecule has 0 aliphatic heterocycles. The first-order valence-corrected chi connectivity index (χ1v) is 13.6. The lowest BCUT2D eigenvalue weighted by Crippen LogP contribution is -2.30. The Morgan fingerprint density at radius 1 is 0.778 bits per heavy atom. The third-order valence-electron chi connectivity index (χ3n) is 6.89. The number of rotatable bonds is 15. The summed E-state index contributed by atoms with van der Waals surface area (Å²) in [5, 5.41) is 0. The highest BCUT2D eigenvalue weighted by Gasteiger charge is 2.20. The fourth-order valence-electron chi connectivity index (χ4n) is 4.82. The molecule has 36 heavy (non-hydrogen) atoms. The number of Topliss-reactive ketones (excluding diaryl/α,β-unsaturated/α-hetero) is 1. The number of hydrogen-bond acceptors (Lipinski definition) is 3. The maximum absolute atomic E-state index is 13.5. The summed E-state index contributed by atoms with van der Waals surface area (Å²) in [7, 11) is 0. The molecule has 0 radical (unpaired) electrons. The molecule has 0 heterocycles. The Hall–Kier alpha value is -2.91. The van der Waals surface area contributed by atoms with E-state index in [9.17, 15) is 4.79 Å². The van der Waals surface area contributed by atoms with Crippen molar-refractivity contribution in [2.75, 3.05) is 26.2 Å². The molecule has 0 saturated heterocycles. The van der Waals surface area contributed by atoms with Gasteiger partial charge in [0.2, 0.25) is 0 Å². The molecule has 0 unspecified atom stereocenters. The Balaban J connectivity index is 1.69. The van der Waals surface area contributed by atoms with E-state index in [1.165, 1.54) is 36.8 Å². The molecule has 0 amide bonds. The van der Waals surface area contributed by atoms with Gasteiger partial charge in [-0.25, -0.2) is 0 Å². The molecule has 3 aromatic rings. The van der Waals surface area contributed by atoms with Crippen molar-refractivity contribution in [3.63, 3.8) is 0 Å². The van der Waals surface area contributed by atoms with E-state index in [4.69, 9.17) is 4.74 Å². The zero-order chi connectivity index (χ0) is 25.8. The second kappa shape index (κ2) is 14.6. The van der Waals surface area contributed by atoms with Crippen molar-refractivity contribution in [2.45, 2.75) is 65.7 Å². The Morgan fingerprint density at radius 3 is 1.75 bits per heavy atom. The van der Waals surface area contributed by atoms with Gasteiger partial charge in [-0.1, -0.05) is 87.4 Å². The topological polar surface area (TPSA) is 29.5 Å². The monoisotopic (exact) mass is 485 g/mol. The average molecular weight is 486 g/mol. The summed E-state index contributed by atoms with van der Waals surface area (Å²) in [5.41, 5.74) is 5.16. The van der Waals surface area contributed by atoms with Crippen molar-refractivity contribution >= 4 is 5.78 Å². The van der Waals surface area contributed by atoms with Gasteiger partial charge in [0, 0.05) is 24.4 Å². The van der Waals surface area contributed by atoms with Crippen LogP contribution in [0.15, 0.2) is 72.8 Å². The highest BCUT2D eigenvalue weighted by atomic mass is 16.5. The lowest BCUT2D eigenvalue weighted by atomic mass is 9.85. The van der Waals surface area contributed by atoms with E-state index in [2.05, 4.69) is 56.9 Å². The highest BCUT2D eigenvalue weighted by molar-refractivity contribution is 5.97.